The first-order chi connectivity index (χ1) is 3.48. The van der Waals surface area contributed by atoms with E-state index in [2.05, 4.69) is 31.9 Å². The second kappa shape index (κ2) is 2.87. The Hall–Kier alpha value is 0.490. The maximum absolute atomic E-state index is 11.3. The molecule has 0 saturated carbocycles. The van der Waals surface area contributed by atoms with Gasteiger partial charge in [-0.25, -0.2) is 0 Å². The molecule has 0 aliphatic carbocycles. The highest BCUT2D eigenvalue weighted by Crippen LogP contribution is 2.30. The van der Waals surface area contributed by atoms with E-state index >= 15 is 0 Å². The van der Waals surface area contributed by atoms with E-state index in [9.17, 15) is 13.2 Å². The molecule has 8 heavy (non-hydrogen) atoms. The van der Waals surface area contributed by atoms with Crippen molar-refractivity contribution in [1.29, 1.82) is 0 Å². The molecular weight excluding hydrogens is 253 g/mol. The first-order valence-corrected chi connectivity index (χ1v) is 3.22. The second-order valence-electron chi connectivity index (χ2n) is 0.955. The van der Waals surface area contributed by atoms with E-state index in [1.165, 1.54) is 0 Å². The molecule has 0 unspecified atom stereocenters. The van der Waals surface area contributed by atoms with Gasteiger partial charge in [-0.2, -0.15) is 13.2 Å². The van der Waals surface area contributed by atoms with Gasteiger partial charge in [0.15, 0.2) is 0 Å². The Morgan fingerprint density at radius 3 is 1.75 bits per heavy atom. The van der Waals surface area contributed by atoms with Gasteiger partial charge in [0, 0.05) is 4.99 Å². The fourth-order valence-corrected chi connectivity index (χ4v) is 0.321. The van der Waals surface area contributed by atoms with E-state index in [0.29, 0.717) is 0 Å². The second-order valence-corrected chi connectivity index (χ2v) is 2.27. The minimum Gasteiger partial charge on any atom is -0.166 e. The van der Waals surface area contributed by atoms with Gasteiger partial charge in [0.25, 0.3) is 0 Å². The lowest BCUT2D eigenvalue weighted by Gasteiger charge is -2.00. The minimum atomic E-state index is -4.26. The monoisotopic (exact) mass is 252 g/mol. The highest BCUT2D eigenvalue weighted by Gasteiger charge is 2.31. The first-order valence-electron chi connectivity index (χ1n) is 1.51. The normalized spacial score (nSPS) is 14.4. The van der Waals surface area contributed by atoms with Crippen molar-refractivity contribution in [3.63, 3.8) is 0 Å². The van der Waals surface area contributed by atoms with Crippen molar-refractivity contribution in [2.75, 3.05) is 0 Å². The highest BCUT2D eigenvalue weighted by atomic mass is 79.9. The van der Waals surface area contributed by atoms with Crippen molar-refractivity contribution in [3.8, 4) is 0 Å². The summed E-state index contributed by atoms with van der Waals surface area (Å²) in [6.07, 6.45) is -4.26. The predicted molar refractivity (Wildman–Crippen MR) is 32.0 cm³/mol. The Kier molecular flexibility index (Phi) is 3.04. The quantitative estimate of drug-likeness (QED) is 0.622. The number of halogens is 5. The Balaban J connectivity index is 4.03. The molecule has 0 nitrogen and oxygen atoms in total. The van der Waals surface area contributed by atoms with Crippen LogP contribution < -0.4 is 0 Å². The van der Waals surface area contributed by atoms with E-state index in [4.69, 9.17) is 0 Å². The van der Waals surface area contributed by atoms with Gasteiger partial charge in [-0.1, -0.05) is 15.9 Å². The molecule has 0 saturated heterocycles. The summed E-state index contributed by atoms with van der Waals surface area (Å²) >= 11 is 4.81. The van der Waals surface area contributed by atoms with Crippen LogP contribution in [0, 0.1) is 0 Å². The Morgan fingerprint density at radius 2 is 1.75 bits per heavy atom. The molecule has 0 fully saturated rings. The molecule has 0 bridgehead atoms. The zero-order chi connectivity index (χ0) is 6.78. The number of hydrogen-bond acceptors (Lipinski definition) is 0. The van der Waals surface area contributed by atoms with E-state index in [1.807, 2.05) is 0 Å². The van der Waals surface area contributed by atoms with E-state index in [-0.39, 0.29) is 0 Å². The fourth-order valence-electron chi connectivity index (χ4n) is 0.0619. The largest absolute Gasteiger partial charge is 0.423 e. The third-order valence-corrected chi connectivity index (χ3v) is 2.12. The summed E-state index contributed by atoms with van der Waals surface area (Å²) in [5.74, 6) is 0. The van der Waals surface area contributed by atoms with Gasteiger partial charge in [0.1, 0.15) is 4.48 Å². The van der Waals surface area contributed by atoms with Crippen LogP contribution in [0.15, 0.2) is 9.47 Å². The number of alkyl halides is 3. The molecule has 0 amide bonds. The topological polar surface area (TPSA) is 0 Å². The minimum absolute atomic E-state index is 0.771. The standard InChI is InChI=1S/C3HBr2F3/c4-1-2(5)3(6,7)8/h1H/b2-1-. The van der Waals surface area contributed by atoms with Crippen molar-refractivity contribution in [3.05, 3.63) is 9.47 Å². The van der Waals surface area contributed by atoms with Gasteiger partial charge in [0.2, 0.25) is 0 Å². The van der Waals surface area contributed by atoms with Crippen LogP contribution in [0.25, 0.3) is 0 Å². The zero-order valence-electron chi connectivity index (χ0n) is 3.47. The Labute approximate surface area is 61.0 Å². The van der Waals surface area contributed by atoms with Crippen LogP contribution in [-0.2, 0) is 0 Å². The molecule has 0 spiro atoms. The average Bonchev–Trinajstić information content (AvgIpc) is 1.62. The molecule has 0 N–H and O–H groups in total. The van der Waals surface area contributed by atoms with E-state index in [1.54, 1.807) is 0 Å². The van der Waals surface area contributed by atoms with Crippen LogP contribution in [0.3, 0.4) is 0 Å². The lowest BCUT2D eigenvalue weighted by molar-refractivity contribution is -0.0826. The zero-order valence-corrected chi connectivity index (χ0v) is 6.64. The average molecular weight is 254 g/mol. The SMILES string of the molecule is FC(F)(F)/C(Br)=C/Br. The lowest BCUT2D eigenvalue weighted by atomic mass is 10.6. The summed E-state index contributed by atoms with van der Waals surface area (Å²) in [6.45, 7) is 0. The fraction of sp³-hybridized carbons (Fsp3) is 0.333. The number of hydrogen-bond donors (Lipinski definition) is 0. The van der Waals surface area contributed by atoms with Crippen LogP contribution in [0.4, 0.5) is 13.2 Å². The van der Waals surface area contributed by atoms with E-state index < -0.39 is 10.7 Å². The Morgan fingerprint density at radius 1 is 1.38 bits per heavy atom. The van der Waals surface area contributed by atoms with E-state index in [0.717, 1.165) is 4.99 Å². The molecule has 5 heteroatoms. The molecule has 0 aliphatic heterocycles. The van der Waals surface area contributed by atoms with Gasteiger partial charge >= 0.3 is 6.18 Å². The summed E-state index contributed by atoms with van der Waals surface area (Å²) in [7, 11) is 0. The predicted octanol–water partition coefficient (Wildman–Crippen LogP) is 3.18. The van der Waals surface area contributed by atoms with Gasteiger partial charge in [-0.15, -0.1) is 0 Å². The smallest absolute Gasteiger partial charge is 0.166 e. The van der Waals surface area contributed by atoms with Crippen molar-refractivity contribution in [1.82, 2.24) is 0 Å². The molecule has 0 aromatic heterocycles. The van der Waals surface area contributed by atoms with Crippen molar-refractivity contribution in [2.24, 2.45) is 0 Å². The van der Waals surface area contributed by atoms with Crippen molar-refractivity contribution in [2.45, 2.75) is 6.18 Å². The third-order valence-electron chi connectivity index (χ3n) is 0.367. The van der Waals surface area contributed by atoms with Crippen LogP contribution in [0.5, 0.6) is 0 Å². The number of rotatable bonds is 0. The first kappa shape index (κ1) is 8.49. The summed E-state index contributed by atoms with van der Waals surface area (Å²) in [5.41, 5.74) is 0. The van der Waals surface area contributed by atoms with Gasteiger partial charge in [-0.3, -0.25) is 0 Å². The molecule has 0 radical (unpaired) electrons. The van der Waals surface area contributed by atoms with Crippen LogP contribution in [-0.4, -0.2) is 6.18 Å². The van der Waals surface area contributed by atoms with Gasteiger partial charge in [-0.05, 0) is 15.9 Å². The van der Waals surface area contributed by atoms with Crippen LogP contribution in [0.2, 0.25) is 0 Å². The van der Waals surface area contributed by atoms with Crippen molar-refractivity contribution < 1.29 is 13.2 Å². The summed E-state index contributed by atoms with van der Waals surface area (Å²) in [6, 6.07) is 0. The summed E-state index contributed by atoms with van der Waals surface area (Å²) in [4.78, 5) is 0.771. The molecule has 0 atom stereocenters. The summed E-state index contributed by atoms with van der Waals surface area (Å²) in [5, 5.41) is 0. The molecule has 0 aromatic rings. The number of allylic oxidation sites excluding steroid dienone is 1. The molecule has 0 aliphatic rings. The van der Waals surface area contributed by atoms with Crippen LogP contribution in [0.1, 0.15) is 0 Å². The molecular formula is C3HBr2F3. The molecule has 0 rings (SSSR count). The molecule has 0 aromatic carbocycles. The molecule has 0 heterocycles. The molecule has 48 valence electrons. The maximum atomic E-state index is 11.3. The van der Waals surface area contributed by atoms with Gasteiger partial charge < -0.3 is 0 Å². The maximum Gasteiger partial charge on any atom is 0.423 e. The summed E-state index contributed by atoms with van der Waals surface area (Å²) < 4.78 is 33.1. The highest BCUT2D eigenvalue weighted by molar-refractivity contribution is 9.14. The lowest BCUT2D eigenvalue weighted by Crippen LogP contribution is -2.05. The van der Waals surface area contributed by atoms with Crippen LogP contribution >= 0.6 is 31.9 Å². The Bertz CT molecular complexity index is 104. The third kappa shape index (κ3) is 2.71. The van der Waals surface area contributed by atoms with Gasteiger partial charge in [0.05, 0.1) is 0 Å². The van der Waals surface area contributed by atoms with Crippen molar-refractivity contribution >= 4 is 31.9 Å².